The zero-order valence-corrected chi connectivity index (χ0v) is 5.23. The summed E-state index contributed by atoms with van der Waals surface area (Å²) in [6.07, 6.45) is 0. The minimum absolute atomic E-state index is 0. The topological polar surface area (TPSA) is 0 Å². The first-order valence-corrected chi connectivity index (χ1v) is 2.37. The molecule has 29 valence electrons. The molecule has 0 aromatic carbocycles. The van der Waals surface area contributed by atoms with E-state index in [0.29, 0.717) is 0 Å². The Morgan fingerprint density at radius 1 is 1.00 bits per heavy atom. The van der Waals surface area contributed by atoms with E-state index >= 15 is 0 Å². The third-order valence-electron chi connectivity index (χ3n) is 0. The Hall–Kier alpha value is 0.913. The second-order valence-electron chi connectivity index (χ2n) is 0. The molecule has 2 heteroatoms. The Morgan fingerprint density at radius 3 is 1.00 bits per heavy atom. The first kappa shape index (κ1) is 20.6. The zero-order valence-electron chi connectivity index (χ0n) is 2.73. The van der Waals surface area contributed by atoms with Crippen molar-refractivity contribution in [1.82, 2.24) is 0 Å². The Bertz CT molecular complexity index is 6.00. The van der Waals surface area contributed by atoms with Crippen molar-refractivity contribution in [3.8, 4) is 0 Å². The monoisotopic (exact) mass is 167 g/mol. The molecule has 0 amide bonds. The molecular formula is C2H6ClRu. The van der Waals surface area contributed by atoms with Crippen LogP contribution in [0.4, 0.5) is 0 Å². The summed E-state index contributed by atoms with van der Waals surface area (Å²) in [7, 11) is 4.57. The Labute approximate surface area is 42.3 Å². The van der Waals surface area contributed by atoms with Crippen molar-refractivity contribution < 1.29 is 17.3 Å². The van der Waals surface area contributed by atoms with Gasteiger partial charge in [0, 0.05) is 0 Å². The van der Waals surface area contributed by atoms with E-state index in [9.17, 15) is 0 Å². The number of halogens is 1. The van der Waals surface area contributed by atoms with Gasteiger partial charge in [-0.3, -0.25) is 0 Å². The molecule has 0 unspecified atom stereocenters. The molecule has 0 aromatic rings. The van der Waals surface area contributed by atoms with Crippen molar-refractivity contribution in [1.29, 1.82) is 0 Å². The molecule has 0 aromatic heterocycles. The quantitative estimate of drug-likeness (QED) is 0.379. The standard InChI is InChI=1S/2CH3.ClH.Ru/h2*1H3;1H;/q2*-1;;+3/p-1. The summed E-state index contributed by atoms with van der Waals surface area (Å²) in [5, 5.41) is 0. The van der Waals surface area contributed by atoms with E-state index in [1.54, 1.807) is 0 Å². The predicted molar refractivity (Wildman–Crippen MR) is 18.7 cm³/mol. The summed E-state index contributed by atoms with van der Waals surface area (Å²) >= 11 is 1.82. The van der Waals surface area contributed by atoms with E-state index in [-0.39, 0.29) is 14.9 Å². The van der Waals surface area contributed by atoms with E-state index in [1.165, 1.54) is 0 Å². The first-order chi connectivity index (χ1) is 1.00. The van der Waals surface area contributed by atoms with Crippen LogP contribution in [0.25, 0.3) is 0 Å². The van der Waals surface area contributed by atoms with Gasteiger partial charge in [0.05, 0.1) is 0 Å². The molecule has 0 N–H and O–H groups in total. The first-order valence-electron chi connectivity index (χ1n) is 0.134. The molecule has 0 aliphatic rings. The summed E-state index contributed by atoms with van der Waals surface area (Å²) in [5.74, 6) is 0. The third-order valence-corrected chi connectivity index (χ3v) is 0. The Kier molecular flexibility index (Phi) is 205. The van der Waals surface area contributed by atoms with Gasteiger partial charge >= 0.3 is 27.0 Å². The molecule has 0 saturated carbocycles. The van der Waals surface area contributed by atoms with Crippen molar-refractivity contribution in [3.63, 3.8) is 0 Å². The van der Waals surface area contributed by atoms with E-state index < -0.39 is 0 Å². The van der Waals surface area contributed by atoms with Gasteiger partial charge in [-0.2, -0.15) is 0 Å². The van der Waals surface area contributed by atoms with Crippen LogP contribution in [0.3, 0.4) is 0 Å². The Balaban J connectivity index is -0.00000000500. The molecule has 0 nitrogen and oxygen atoms in total. The zero-order chi connectivity index (χ0) is 2.00. The summed E-state index contributed by atoms with van der Waals surface area (Å²) in [5.41, 5.74) is 0. The van der Waals surface area contributed by atoms with Crippen molar-refractivity contribution >= 4 is 9.69 Å². The van der Waals surface area contributed by atoms with Gasteiger partial charge in [0.15, 0.2) is 0 Å². The second kappa shape index (κ2) is 39.8. The van der Waals surface area contributed by atoms with Crippen LogP contribution in [0.15, 0.2) is 0 Å². The number of hydrogen-bond donors (Lipinski definition) is 0. The van der Waals surface area contributed by atoms with Crippen LogP contribution in [0.2, 0.25) is 0 Å². The van der Waals surface area contributed by atoms with Gasteiger partial charge in [-0.15, -0.1) is 0 Å². The molecule has 0 rings (SSSR count). The van der Waals surface area contributed by atoms with E-state index in [0.717, 1.165) is 0 Å². The molecule has 0 fully saturated rings. The van der Waals surface area contributed by atoms with Gasteiger partial charge in [0.2, 0.25) is 0 Å². The number of rotatable bonds is 0. The Morgan fingerprint density at radius 2 is 1.00 bits per heavy atom. The van der Waals surface area contributed by atoms with Crippen LogP contribution < -0.4 is 0 Å². The normalized spacial score (nSPS) is 1.25. The molecule has 4 heavy (non-hydrogen) atoms. The van der Waals surface area contributed by atoms with Crippen molar-refractivity contribution in [3.05, 3.63) is 14.9 Å². The molecule has 0 aliphatic heterocycles. The summed E-state index contributed by atoms with van der Waals surface area (Å²) in [6.45, 7) is 0. The maximum atomic E-state index is 4.57. The third kappa shape index (κ3) is 12.8. The second-order valence-corrected chi connectivity index (χ2v) is 0. The predicted octanol–water partition coefficient (Wildman–Crippen LogP) is 1.59. The van der Waals surface area contributed by atoms with Crippen molar-refractivity contribution in [2.24, 2.45) is 0 Å². The van der Waals surface area contributed by atoms with E-state index in [4.69, 9.17) is 0 Å². The summed E-state index contributed by atoms with van der Waals surface area (Å²) in [6, 6.07) is 0. The van der Waals surface area contributed by atoms with Crippen molar-refractivity contribution in [2.45, 2.75) is 0 Å². The number of hydrogen-bond acceptors (Lipinski definition) is 0. The van der Waals surface area contributed by atoms with Crippen molar-refractivity contribution in [2.75, 3.05) is 0 Å². The molecule has 0 aliphatic carbocycles. The molecule has 0 heterocycles. The van der Waals surface area contributed by atoms with Crippen LogP contribution >= 0.6 is 9.69 Å². The average molecular weight is 167 g/mol. The fraction of sp³-hybridized carbons (Fsp3) is 0. The fourth-order valence-corrected chi connectivity index (χ4v) is 0. The van der Waals surface area contributed by atoms with E-state index in [2.05, 4.69) is 9.69 Å². The summed E-state index contributed by atoms with van der Waals surface area (Å²) in [4.78, 5) is 0. The molecule has 0 atom stereocenters. The fourth-order valence-electron chi connectivity index (χ4n) is 0. The van der Waals surface area contributed by atoms with Crippen LogP contribution in [0.5, 0.6) is 0 Å². The van der Waals surface area contributed by atoms with Gasteiger partial charge < -0.3 is 14.9 Å². The van der Waals surface area contributed by atoms with Gasteiger partial charge in [-0.05, 0) is 0 Å². The maximum absolute atomic E-state index is 4.57. The van der Waals surface area contributed by atoms with Crippen LogP contribution in [-0.2, 0) is 17.3 Å². The molecule has 0 bridgehead atoms. The van der Waals surface area contributed by atoms with E-state index in [1.807, 2.05) is 17.3 Å². The molecular weight excluding hydrogens is 161 g/mol. The molecule has 0 spiro atoms. The SMILES string of the molecule is [CH3-].[CH3-].[Cl][Ru+2]. The van der Waals surface area contributed by atoms with Gasteiger partial charge in [-0.25, -0.2) is 0 Å². The molecule has 0 saturated heterocycles. The van der Waals surface area contributed by atoms with Crippen LogP contribution in [0, 0.1) is 14.9 Å². The van der Waals surface area contributed by atoms with Gasteiger partial charge in [0.25, 0.3) is 0 Å². The molecule has 0 radical (unpaired) electrons. The average Bonchev–Trinajstić information content (AvgIpc) is 1.00. The minimum atomic E-state index is 0. The van der Waals surface area contributed by atoms with Crippen LogP contribution in [0.1, 0.15) is 0 Å². The van der Waals surface area contributed by atoms with Crippen LogP contribution in [-0.4, -0.2) is 0 Å². The van der Waals surface area contributed by atoms with Gasteiger partial charge in [-0.1, -0.05) is 0 Å². The summed E-state index contributed by atoms with van der Waals surface area (Å²) < 4.78 is 0. The van der Waals surface area contributed by atoms with Gasteiger partial charge in [0.1, 0.15) is 0 Å².